The van der Waals surface area contributed by atoms with E-state index in [1.165, 1.54) is 11.1 Å². The molecule has 2 saturated heterocycles. The van der Waals surface area contributed by atoms with E-state index in [2.05, 4.69) is 34.1 Å². The molecule has 1 spiro atoms. The molecule has 0 unspecified atom stereocenters. The van der Waals surface area contributed by atoms with E-state index >= 15 is 0 Å². The second-order valence-corrected chi connectivity index (χ2v) is 7.35. The Morgan fingerprint density at radius 2 is 1.96 bits per heavy atom. The number of morpholine rings is 1. The van der Waals surface area contributed by atoms with Crippen molar-refractivity contribution in [1.82, 2.24) is 19.6 Å². The zero-order valence-electron chi connectivity index (χ0n) is 15.1. The van der Waals surface area contributed by atoms with E-state index in [1.807, 2.05) is 17.1 Å². The van der Waals surface area contributed by atoms with Crippen molar-refractivity contribution in [2.75, 3.05) is 32.8 Å². The summed E-state index contributed by atoms with van der Waals surface area (Å²) < 4.78 is 13.5. The molecule has 0 aromatic carbocycles. The topological polar surface area (TPSA) is 46.7 Å². The van der Waals surface area contributed by atoms with Gasteiger partial charge in [0.15, 0.2) is 0 Å². The third kappa shape index (κ3) is 3.97. The molecular formula is C19H28N4O2. The Bertz CT molecular complexity index is 659. The van der Waals surface area contributed by atoms with Gasteiger partial charge >= 0.3 is 0 Å². The fourth-order valence-corrected chi connectivity index (χ4v) is 4.04. The minimum atomic E-state index is 0.0336. The summed E-state index contributed by atoms with van der Waals surface area (Å²) in [6.45, 7) is 10.1. The van der Waals surface area contributed by atoms with Gasteiger partial charge in [-0.3, -0.25) is 14.5 Å². The predicted molar refractivity (Wildman–Crippen MR) is 95.1 cm³/mol. The molecule has 0 radical (unpaired) electrons. The molecule has 2 aromatic rings. The molecule has 4 heterocycles. The van der Waals surface area contributed by atoms with Crippen LogP contribution in [0.25, 0.3) is 0 Å². The summed E-state index contributed by atoms with van der Waals surface area (Å²) in [7, 11) is 0. The molecular weight excluding hydrogens is 316 g/mol. The number of nitrogens with zero attached hydrogens (tertiary/aromatic N) is 4. The summed E-state index contributed by atoms with van der Waals surface area (Å²) in [5, 5.41) is 4.39. The lowest BCUT2D eigenvalue weighted by Gasteiger charge is -2.47. The maximum atomic E-state index is 6.28. The first-order valence-corrected chi connectivity index (χ1v) is 9.36. The van der Waals surface area contributed by atoms with Crippen molar-refractivity contribution in [1.29, 1.82) is 0 Å². The molecule has 6 nitrogen and oxygen atoms in total. The highest BCUT2D eigenvalue weighted by molar-refractivity contribution is 5.07. The van der Waals surface area contributed by atoms with E-state index in [9.17, 15) is 0 Å². The second-order valence-electron chi connectivity index (χ2n) is 7.35. The van der Waals surface area contributed by atoms with Crippen molar-refractivity contribution >= 4 is 0 Å². The second kappa shape index (κ2) is 7.32. The highest BCUT2D eigenvalue weighted by atomic mass is 16.5. The molecule has 136 valence electrons. The lowest BCUT2D eigenvalue weighted by atomic mass is 9.89. The maximum Gasteiger partial charge on any atom is 0.0947 e. The number of furan rings is 1. The minimum absolute atomic E-state index is 0.0336. The van der Waals surface area contributed by atoms with Crippen LogP contribution in [0.4, 0.5) is 0 Å². The van der Waals surface area contributed by atoms with E-state index in [-0.39, 0.29) is 5.60 Å². The van der Waals surface area contributed by atoms with E-state index < -0.39 is 0 Å². The lowest BCUT2D eigenvalue weighted by Crippen LogP contribution is -2.56. The number of aryl methyl sites for hydroxylation is 1. The zero-order valence-corrected chi connectivity index (χ0v) is 15.1. The monoisotopic (exact) mass is 344 g/mol. The number of piperidine rings is 1. The molecule has 0 N–H and O–H groups in total. The third-order valence-corrected chi connectivity index (χ3v) is 5.50. The Kier molecular flexibility index (Phi) is 4.92. The molecule has 4 rings (SSSR count). The molecule has 6 heteroatoms. The predicted octanol–water partition coefficient (Wildman–Crippen LogP) is 2.36. The third-order valence-electron chi connectivity index (χ3n) is 5.50. The Labute approximate surface area is 149 Å². The van der Waals surface area contributed by atoms with Crippen molar-refractivity contribution < 1.29 is 9.15 Å². The summed E-state index contributed by atoms with van der Waals surface area (Å²) in [6, 6.07) is 2.06. The van der Waals surface area contributed by atoms with Crippen LogP contribution in [-0.4, -0.2) is 58.0 Å². The Morgan fingerprint density at radius 1 is 1.12 bits per heavy atom. The van der Waals surface area contributed by atoms with E-state index in [0.29, 0.717) is 0 Å². The molecule has 2 aliphatic rings. The smallest absolute Gasteiger partial charge is 0.0947 e. The number of aromatic nitrogens is 2. The fourth-order valence-electron chi connectivity index (χ4n) is 4.04. The molecule has 2 aliphatic heterocycles. The minimum Gasteiger partial charge on any atom is -0.472 e. The van der Waals surface area contributed by atoms with E-state index in [0.717, 1.165) is 65.3 Å². The van der Waals surface area contributed by atoms with Gasteiger partial charge in [-0.15, -0.1) is 0 Å². The van der Waals surface area contributed by atoms with Crippen LogP contribution in [0.15, 0.2) is 35.4 Å². The van der Waals surface area contributed by atoms with Crippen molar-refractivity contribution in [3.63, 3.8) is 0 Å². The summed E-state index contributed by atoms with van der Waals surface area (Å²) >= 11 is 0. The van der Waals surface area contributed by atoms with Gasteiger partial charge in [-0.25, -0.2) is 0 Å². The van der Waals surface area contributed by atoms with Gasteiger partial charge in [-0.1, -0.05) is 0 Å². The van der Waals surface area contributed by atoms with Gasteiger partial charge in [-0.05, 0) is 25.8 Å². The SMILES string of the molecule is CCn1cc(CN2CCOC3(CCN(Cc4ccoc4)CC3)C2)cn1. The normalized spacial score (nSPS) is 21.8. The van der Waals surface area contributed by atoms with Crippen molar-refractivity contribution in [2.45, 2.75) is 45.0 Å². The van der Waals surface area contributed by atoms with Crippen LogP contribution in [0.3, 0.4) is 0 Å². The van der Waals surface area contributed by atoms with Gasteiger partial charge in [-0.2, -0.15) is 5.10 Å². The summed E-state index contributed by atoms with van der Waals surface area (Å²) in [5.41, 5.74) is 2.60. The van der Waals surface area contributed by atoms with Gasteiger partial charge in [0.2, 0.25) is 0 Å². The average Bonchev–Trinajstić information content (AvgIpc) is 3.29. The number of rotatable bonds is 5. The van der Waals surface area contributed by atoms with E-state index in [4.69, 9.17) is 9.15 Å². The van der Waals surface area contributed by atoms with Crippen LogP contribution < -0.4 is 0 Å². The molecule has 0 aliphatic carbocycles. The molecule has 0 bridgehead atoms. The van der Waals surface area contributed by atoms with Crippen molar-refractivity contribution in [3.8, 4) is 0 Å². The van der Waals surface area contributed by atoms with Gasteiger partial charge in [0.05, 0.1) is 30.9 Å². The largest absolute Gasteiger partial charge is 0.472 e. The average molecular weight is 344 g/mol. The van der Waals surface area contributed by atoms with Crippen LogP contribution in [0.1, 0.15) is 30.9 Å². The molecule has 0 saturated carbocycles. The first-order chi connectivity index (χ1) is 12.2. The standard InChI is InChI=1S/C19H28N4O2/c1-2-23-14-18(11-20-23)13-22-8-10-25-19(16-22)4-6-21(7-5-19)12-17-3-9-24-15-17/h3,9,11,14-15H,2,4-8,10,12-13,16H2,1H3. The molecule has 2 aromatic heterocycles. The highest BCUT2D eigenvalue weighted by Crippen LogP contribution is 2.31. The van der Waals surface area contributed by atoms with E-state index in [1.54, 1.807) is 6.26 Å². The zero-order chi connectivity index (χ0) is 17.1. The quantitative estimate of drug-likeness (QED) is 0.833. The van der Waals surface area contributed by atoms with Gasteiger partial charge < -0.3 is 9.15 Å². The van der Waals surface area contributed by atoms with Crippen molar-refractivity contribution in [2.24, 2.45) is 0 Å². The van der Waals surface area contributed by atoms with Crippen LogP contribution in [-0.2, 0) is 24.4 Å². The lowest BCUT2D eigenvalue weighted by molar-refractivity contribution is -0.138. The molecule has 0 amide bonds. The molecule has 25 heavy (non-hydrogen) atoms. The number of likely N-dealkylation sites (tertiary alicyclic amines) is 1. The number of ether oxygens (including phenoxy) is 1. The van der Waals surface area contributed by atoms with Crippen molar-refractivity contribution in [3.05, 3.63) is 42.1 Å². The summed E-state index contributed by atoms with van der Waals surface area (Å²) in [6.07, 6.45) is 9.98. The van der Waals surface area contributed by atoms with Crippen LogP contribution in [0.5, 0.6) is 0 Å². The van der Waals surface area contributed by atoms with Crippen LogP contribution in [0, 0.1) is 0 Å². The Hall–Kier alpha value is -1.63. The maximum absolute atomic E-state index is 6.28. The summed E-state index contributed by atoms with van der Waals surface area (Å²) in [4.78, 5) is 5.04. The van der Waals surface area contributed by atoms with Gasteiger partial charge in [0.1, 0.15) is 0 Å². The number of hydrogen-bond donors (Lipinski definition) is 0. The highest BCUT2D eigenvalue weighted by Gasteiger charge is 2.39. The first kappa shape index (κ1) is 16.8. The van der Waals surface area contributed by atoms with Crippen LogP contribution >= 0.6 is 0 Å². The molecule has 0 atom stereocenters. The summed E-state index contributed by atoms with van der Waals surface area (Å²) in [5.74, 6) is 0. The Morgan fingerprint density at radius 3 is 2.68 bits per heavy atom. The molecule has 2 fully saturated rings. The first-order valence-electron chi connectivity index (χ1n) is 9.36. The fraction of sp³-hybridized carbons (Fsp3) is 0.632. The van der Waals surface area contributed by atoms with Gasteiger partial charge in [0.25, 0.3) is 0 Å². The number of hydrogen-bond acceptors (Lipinski definition) is 5. The van der Waals surface area contributed by atoms with Crippen LogP contribution in [0.2, 0.25) is 0 Å². The Balaban J connectivity index is 1.31. The van der Waals surface area contributed by atoms with Gasteiger partial charge in [0, 0.05) is 63.1 Å².